The van der Waals surface area contributed by atoms with E-state index in [4.69, 9.17) is 34.3 Å². The second-order valence-corrected chi connectivity index (χ2v) is 10.7. The van der Waals surface area contributed by atoms with Crippen LogP contribution in [-0.4, -0.2) is 111 Å². The number of aliphatic carboxylic acids is 2. The van der Waals surface area contributed by atoms with Gasteiger partial charge in [-0.1, -0.05) is 0 Å². The number of aliphatic hydroxyl groups is 1. The van der Waals surface area contributed by atoms with Gasteiger partial charge in [-0.15, -0.1) is 0 Å². The normalized spacial score (nSPS) is 16.0. The van der Waals surface area contributed by atoms with Crippen LogP contribution in [-0.2, 0) is 33.6 Å². The van der Waals surface area contributed by atoms with E-state index in [1.807, 2.05) is 17.0 Å². The van der Waals surface area contributed by atoms with Crippen LogP contribution in [0.25, 0.3) is 0 Å². The summed E-state index contributed by atoms with van der Waals surface area (Å²) in [5.74, 6) is 0.845. The van der Waals surface area contributed by atoms with E-state index in [0.29, 0.717) is 18.1 Å². The van der Waals surface area contributed by atoms with Crippen molar-refractivity contribution in [3.8, 4) is 23.0 Å². The second kappa shape index (κ2) is 15.4. The van der Waals surface area contributed by atoms with Crippen LogP contribution in [0, 0.1) is 0 Å². The monoisotopic (exact) mass is 602 g/mol. The van der Waals surface area contributed by atoms with E-state index in [1.54, 1.807) is 28.4 Å². The maximum Gasteiger partial charge on any atom is 0.333 e. The van der Waals surface area contributed by atoms with Gasteiger partial charge in [-0.25, -0.2) is 4.79 Å². The van der Waals surface area contributed by atoms with Crippen molar-refractivity contribution in [2.75, 3.05) is 61.7 Å². The van der Waals surface area contributed by atoms with Gasteiger partial charge in [-0.3, -0.25) is 9.59 Å². The summed E-state index contributed by atoms with van der Waals surface area (Å²) in [7, 11) is 8.79. The molecule has 1 aliphatic carbocycles. The highest BCUT2D eigenvalue weighted by molar-refractivity contribution is 5.80. The number of carbonyl (C=O) groups is 3. The number of amides is 1. The highest BCUT2D eigenvalue weighted by Crippen LogP contribution is 2.42. The first-order chi connectivity index (χ1) is 20.5. The lowest BCUT2D eigenvalue weighted by atomic mass is 9.77. The zero-order valence-corrected chi connectivity index (χ0v) is 25.4. The lowest BCUT2D eigenvalue weighted by Gasteiger charge is -2.34. The highest BCUT2D eigenvalue weighted by atomic mass is 16.5. The maximum atomic E-state index is 12.9. The van der Waals surface area contributed by atoms with Gasteiger partial charge in [0, 0.05) is 25.6 Å². The summed E-state index contributed by atoms with van der Waals surface area (Å²) in [5, 5.41) is 24.1. The summed E-state index contributed by atoms with van der Waals surface area (Å²) >= 11 is 0. The fourth-order valence-corrected chi connectivity index (χ4v) is 5.40. The number of ether oxygens (including phenoxy) is 4. The second-order valence-electron chi connectivity index (χ2n) is 10.7. The SMILES string of the molecule is COc1cc2c(cc1OC)CC(=O)N(CCCN(C)C[C@H]1Cc3cc(OC)c(OC)cc31)CC2.O=C(O)CC(O)C(=O)O. The number of carbonyl (C=O) groups excluding carboxylic acids is 1. The van der Waals surface area contributed by atoms with E-state index in [2.05, 4.69) is 24.1 Å². The molecule has 0 aromatic heterocycles. The average molecular weight is 603 g/mol. The van der Waals surface area contributed by atoms with Gasteiger partial charge in [0.1, 0.15) is 0 Å². The molecule has 0 spiro atoms. The Labute approximate surface area is 251 Å². The standard InChI is InChI=1S/C27H36N2O5.C4H6O5/c1-28(17-21-11-20-14-25(33-4)26(34-5)16-22(20)21)8-6-9-29-10-7-18-12-23(31-2)24(32-3)13-19(18)15-27(29)30;5-2(4(8)9)1-3(6)7/h12-14,16,21H,6-11,15,17H2,1-5H3;2,5H,1H2,(H,6,7)(H,8,9)/t21-;/m1./s1. The summed E-state index contributed by atoms with van der Waals surface area (Å²) in [4.78, 5) is 36.7. The summed E-state index contributed by atoms with van der Waals surface area (Å²) in [6.45, 7) is 3.47. The Bertz CT molecular complexity index is 1300. The quantitative estimate of drug-likeness (QED) is 0.309. The molecule has 0 bridgehead atoms. The van der Waals surface area contributed by atoms with Crippen molar-refractivity contribution in [1.29, 1.82) is 0 Å². The Morgan fingerprint density at radius 2 is 1.49 bits per heavy atom. The minimum Gasteiger partial charge on any atom is -0.493 e. The number of rotatable bonds is 13. The van der Waals surface area contributed by atoms with Gasteiger partial charge >= 0.3 is 11.9 Å². The van der Waals surface area contributed by atoms with Crippen LogP contribution in [0.2, 0.25) is 0 Å². The Balaban J connectivity index is 0.000000489. The van der Waals surface area contributed by atoms with E-state index < -0.39 is 24.5 Å². The fraction of sp³-hybridized carbons (Fsp3) is 0.516. The van der Waals surface area contributed by atoms with Crippen molar-refractivity contribution < 1.29 is 48.7 Å². The van der Waals surface area contributed by atoms with Crippen molar-refractivity contribution in [3.05, 3.63) is 46.5 Å². The Hall–Kier alpha value is -4.03. The van der Waals surface area contributed by atoms with Crippen molar-refractivity contribution >= 4 is 17.8 Å². The van der Waals surface area contributed by atoms with Crippen LogP contribution in [0.1, 0.15) is 41.0 Å². The van der Waals surface area contributed by atoms with Crippen molar-refractivity contribution in [3.63, 3.8) is 0 Å². The number of methoxy groups -OCH3 is 4. The summed E-state index contributed by atoms with van der Waals surface area (Å²) in [6, 6.07) is 8.18. The van der Waals surface area contributed by atoms with E-state index in [-0.39, 0.29) is 5.91 Å². The van der Waals surface area contributed by atoms with E-state index in [0.717, 1.165) is 68.3 Å². The molecule has 2 atom stereocenters. The molecule has 43 heavy (non-hydrogen) atoms. The van der Waals surface area contributed by atoms with Crippen LogP contribution >= 0.6 is 0 Å². The van der Waals surface area contributed by atoms with Crippen LogP contribution in [0.4, 0.5) is 0 Å². The lowest BCUT2D eigenvalue weighted by Crippen LogP contribution is -2.36. The highest BCUT2D eigenvalue weighted by Gasteiger charge is 2.29. The zero-order chi connectivity index (χ0) is 31.7. The molecule has 3 N–H and O–H groups in total. The maximum absolute atomic E-state index is 12.9. The van der Waals surface area contributed by atoms with Crippen LogP contribution in [0.15, 0.2) is 24.3 Å². The summed E-state index contributed by atoms with van der Waals surface area (Å²) in [6.07, 6.45) is 0.724. The molecule has 1 unspecified atom stereocenters. The molecule has 236 valence electrons. The number of hydrogen-bond acceptors (Lipinski definition) is 9. The molecule has 0 fully saturated rings. The minimum atomic E-state index is -1.79. The molecule has 2 aromatic rings. The predicted molar refractivity (Wildman–Crippen MR) is 158 cm³/mol. The van der Waals surface area contributed by atoms with Gasteiger partial charge in [0.05, 0.1) is 41.3 Å². The largest absolute Gasteiger partial charge is 0.493 e. The molecule has 12 heteroatoms. The average Bonchev–Trinajstić information content (AvgIpc) is 3.12. The van der Waals surface area contributed by atoms with Crippen LogP contribution < -0.4 is 18.9 Å². The van der Waals surface area contributed by atoms with Gasteiger partial charge in [-0.2, -0.15) is 0 Å². The molecule has 4 rings (SSSR count). The van der Waals surface area contributed by atoms with Crippen molar-refractivity contribution in [1.82, 2.24) is 9.80 Å². The fourth-order valence-electron chi connectivity index (χ4n) is 5.40. The van der Waals surface area contributed by atoms with Gasteiger partial charge < -0.3 is 44.1 Å². The van der Waals surface area contributed by atoms with Gasteiger partial charge in [0.15, 0.2) is 29.1 Å². The third-order valence-electron chi connectivity index (χ3n) is 7.76. The smallest absolute Gasteiger partial charge is 0.333 e. The number of carboxylic acid groups (broad SMARTS) is 2. The van der Waals surface area contributed by atoms with Crippen LogP contribution in [0.3, 0.4) is 0 Å². The summed E-state index contributed by atoms with van der Waals surface area (Å²) < 4.78 is 21.7. The molecular formula is C31H42N2O10. The van der Waals surface area contributed by atoms with Crippen molar-refractivity contribution in [2.45, 2.75) is 44.1 Å². The van der Waals surface area contributed by atoms with Gasteiger partial charge in [-0.05, 0) is 79.4 Å². The molecule has 1 heterocycles. The topological polar surface area (TPSA) is 155 Å². The summed E-state index contributed by atoms with van der Waals surface area (Å²) in [5.41, 5.74) is 4.91. The first kappa shape index (κ1) is 33.5. The molecule has 2 aromatic carbocycles. The van der Waals surface area contributed by atoms with Gasteiger partial charge in [0.2, 0.25) is 5.91 Å². The number of nitrogens with zero attached hydrogens (tertiary/aromatic N) is 2. The lowest BCUT2D eigenvalue weighted by molar-refractivity contribution is -0.152. The predicted octanol–water partition coefficient (Wildman–Crippen LogP) is 2.22. The number of benzene rings is 2. The van der Waals surface area contributed by atoms with E-state index >= 15 is 0 Å². The first-order valence-electron chi connectivity index (χ1n) is 14.1. The molecule has 1 amide bonds. The minimum absolute atomic E-state index is 0.183. The third kappa shape index (κ3) is 8.74. The molecular weight excluding hydrogens is 560 g/mol. The molecule has 0 saturated carbocycles. The van der Waals surface area contributed by atoms with Gasteiger partial charge in [0.25, 0.3) is 0 Å². The van der Waals surface area contributed by atoms with Crippen LogP contribution in [0.5, 0.6) is 23.0 Å². The van der Waals surface area contributed by atoms with Crippen molar-refractivity contribution in [2.24, 2.45) is 0 Å². The van der Waals surface area contributed by atoms with E-state index in [9.17, 15) is 14.4 Å². The molecule has 0 radical (unpaired) electrons. The van der Waals surface area contributed by atoms with E-state index in [1.165, 1.54) is 16.7 Å². The zero-order valence-electron chi connectivity index (χ0n) is 25.4. The number of fused-ring (bicyclic) bond motifs is 2. The Morgan fingerprint density at radius 1 is 0.930 bits per heavy atom. The molecule has 0 saturated heterocycles. The molecule has 2 aliphatic rings. The molecule has 1 aliphatic heterocycles. The third-order valence-corrected chi connectivity index (χ3v) is 7.76. The Kier molecular flexibility index (Phi) is 12.0. The first-order valence-corrected chi connectivity index (χ1v) is 14.1. The number of carboxylic acids is 2. The number of aliphatic hydroxyl groups excluding tert-OH is 1. The molecule has 12 nitrogen and oxygen atoms in total. The Morgan fingerprint density at radius 3 is 2.02 bits per heavy atom. The number of hydrogen-bond donors (Lipinski definition) is 3. The number of likely N-dealkylation sites (N-methyl/N-ethyl adjacent to an activating group) is 1.